The predicted molar refractivity (Wildman–Crippen MR) is 57.8 cm³/mol. The number of carbonyl (C=O) groups is 2. The summed E-state index contributed by atoms with van der Waals surface area (Å²) < 4.78 is 0. The van der Waals surface area contributed by atoms with Crippen molar-refractivity contribution in [1.82, 2.24) is 4.90 Å². The highest BCUT2D eigenvalue weighted by molar-refractivity contribution is 5.82. The van der Waals surface area contributed by atoms with E-state index < -0.39 is 11.4 Å². The highest BCUT2D eigenvalue weighted by Gasteiger charge is 2.34. The highest BCUT2D eigenvalue weighted by atomic mass is 16.4. The molecule has 0 bridgehead atoms. The van der Waals surface area contributed by atoms with E-state index in [1.165, 1.54) is 0 Å². The van der Waals surface area contributed by atoms with E-state index in [-0.39, 0.29) is 18.4 Å². The lowest BCUT2D eigenvalue weighted by Gasteiger charge is -2.35. The summed E-state index contributed by atoms with van der Waals surface area (Å²) in [6.45, 7) is 4.14. The Morgan fingerprint density at radius 1 is 1.31 bits per heavy atom. The molecule has 1 rings (SSSR count). The van der Waals surface area contributed by atoms with Gasteiger partial charge in [0.05, 0.1) is 17.9 Å². The number of amides is 1. The Labute approximate surface area is 95.1 Å². The second-order valence-electron chi connectivity index (χ2n) is 4.95. The maximum Gasteiger partial charge on any atom is 0.306 e. The smallest absolute Gasteiger partial charge is 0.306 e. The molecule has 0 aliphatic carbocycles. The zero-order chi connectivity index (χ0) is 12.3. The summed E-state index contributed by atoms with van der Waals surface area (Å²) >= 11 is 0. The lowest BCUT2D eigenvalue weighted by molar-refractivity contribution is -0.149. The fraction of sp³-hybridized carbons (Fsp3) is 0.818. The maximum atomic E-state index is 11.9. The monoisotopic (exact) mass is 229 g/mol. The molecule has 0 spiro atoms. The van der Waals surface area contributed by atoms with Gasteiger partial charge in [-0.25, -0.2) is 0 Å². The Morgan fingerprint density at radius 2 is 1.81 bits per heavy atom. The molecule has 0 radical (unpaired) electrons. The molecule has 0 aromatic carbocycles. The van der Waals surface area contributed by atoms with Crippen LogP contribution in [0.5, 0.6) is 0 Å². The topological polar surface area (TPSA) is 77.8 Å². The number of aliphatic hydroxyl groups excluding tert-OH is 1. The Kier molecular flexibility index (Phi) is 3.91. The van der Waals surface area contributed by atoms with Crippen LogP contribution in [-0.2, 0) is 9.59 Å². The van der Waals surface area contributed by atoms with Crippen molar-refractivity contribution in [2.45, 2.75) is 26.7 Å². The van der Waals surface area contributed by atoms with Gasteiger partial charge >= 0.3 is 5.97 Å². The van der Waals surface area contributed by atoms with Gasteiger partial charge in [0.25, 0.3) is 0 Å². The zero-order valence-corrected chi connectivity index (χ0v) is 9.77. The average molecular weight is 229 g/mol. The van der Waals surface area contributed by atoms with E-state index in [1.807, 2.05) is 0 Å². The van der Waals surface area contributed by atoms with E-state index in [0.29, 0.717) is 25.9 Å². The van der Waals surface area contributed by atoms with Crippen LogP contribution in [0, 0.1) is 11.3 Å². The van der Waals surface area contributed by atoms with Crippen LogP contribution in [0.25, 0.3) is 0 Å². The number of likely N-dealkylation sites (tertiary alicyclic amines) is 1. The number of carbonyl (C=O) groups excluding carboxylic acids is 1. The molecule has 1 heterocycles. The van der Waals surface area contributed by atoms with E-state index in [1.54, 1.807) is 18.7 Å². The second-order valence-corrected chi connectivity index (χ2v) is 4.95. The van der Waals surface area contributed by atoms with Gasteiger partial charge in [-0.15, -0.1) is 0 Å². The lowest BCUT2D eigenvalue weighted by Crippen LogP contribution is -2.47. The van der Waals surface area contributed by atoms with Crippen LogP contribution in [-0.4, -0.2) is 46.7 Å². The van der Waals surface area contributed by atoms with Crippen LogP contribution in [0.3, 0.4) is 0 Å². The first-order chi connectivity index (χ1) is 7.38. The van der Waals surface area contributed by atoms with Gasteiger partial charge in [0.1, 0.15) is 0 Å². The summed E-state index contributed by atoms with van der Waals surface area (Å²) in [7, 11) is 0. The first-order valence-electron chi connectivity index (χ1n) is 5.51. The Hall–Kier alpha value is -1.10. The number of aliphatic carboxylic acids is 1. The first-order valence-corrected chi connectivity index (χ1v) is 5.51. The number of hydrogen-bond acceptors (Lipinski definition) is 3. The molecule has 0 unspecified atom stereocenters. The molecule has 5 nitrogen and oxygen atoms in total. The Balaban J connectivity index is 2.54. The molecule has 5 heteroatoms. The molecule has 1 fully saturated rings. The number of piperidine rings is 1. The summed E-state index contributed by atoms with van der Waals surface area (Å²) in [5.41, 5.74) is -0.768. The molecule has 2 N–H and O–H groups in total. The van der Waals surface area contributed by atoms with E-state index >= 15 is 0 Å². The van der Waals surface area contributed by atoms with Crippen LogP contribution in [0.2, 0.25) is 0 Å². The van der Waals surface area contributed by atoms with Gasteiger partial charge < -0.3 is 15.1 Å². The molecule has 1 saturated heterocycles. The fourth-order valence-corrected chi connectivity index (χ4v) is 1.83. The Bertz CT molecular complexity index is 280. The van der Waals surface area contributed by atoms with Crippen molar-refractivity contribution in [3.8, 4) is 0 Å². The standard InChI is InChI=1S/C11H19NO4/c1-11(2,7-13)10(16)12-5-3-8(4-6-12)9(14)15/h8,13H,3-7H2,1-2H3,(H,14,15). The summed E-state index contributed by atoms with van der Waals surface area (Å²) in [6, 6.07) is 0. The van der Waals surface area contributed by atoms with Gasteiger partial charge in [0.2, 0.25) is 5.91 Å². The molecule has 0 aromatic rings. The Morgan fingerprint density at radius 3 is 2.19 bits per heavy atom. The first kappa shape index (κ1) is 13.0. The molecule has 16 heavy (non-hydrogen) atoms. The second kappa shape index (κ2) is 4.82. The van der Waals surface area contributed by atoms with E-state index in [2.05, 4.69) is 0 Å². The fourth-order valence-electron chi connectivity index (χ4n) is 1.83. The van der Waals surface area contributed by atoms with Crippen molar-refractivity contribution in [3.63, 3.8) is 0 Å². The molecule has 1 aliphatic rings. The van der Waals surface area contributed by atoms with Gasteiger partial charge in [-0.3, -0.25) is 9.59 Å². The van der Waals surface area contributed by atoms with Crippen LogP contribution in [0.15, 0.2) is 0 Å². The van der Waals surface area contributed by atoms with Crippen molar-refractivity contribution >= 4 is 11.9 Å². The SMILES string of the molecule is CC(C)(CO)C(=O)N1CCC(C(=O)O)CC1. The molecular formula is C11H19NO4. The van der Waals surface area contributed by atoms with Gasteiger partial charge in [0, 0.05) is 13.1 Å². The maximum absolute atomic E-state index is 11.9. The van der Waals surface area contributed by atoms with Crippen LogP contribution >= 0.6 is 0 Å². The van der Waals surface area contributed by atoms with E-state index in [0.717, 1.165) is 0 Å². The normalized spacial score (nSPS) is 18.6. The molecule has 0 aromatic heterocycles. The van der Waals surface area contributed by atoms with Crippen molar-refractivity contribution in [2.24, 2.45) is 11.3 Å². The minimum atomic E-state index is -0.784. The number of nitrogens with zero attached hydrogens (tertiary/aromatic N) is 1. The molecule has 1 amide bonds. The molecule has 0 saturated carbocycles. The van der Waals surface area contributed by atoms with Gasteiger partial charge in [-0.05, 0) is 26.7 Å². The van der Waals surface area contributed by atoms with Crippen LogP contribution in [0.1, 0.15) is 26.7 Å². The van der Waals surface area contributed by atoms with E-state index in [4.69, 9.17) is 10.2 Å². The molecule has 0 atom stereocenters. The quantitative estimate of drug-likeness (QED) is 0.731. The number of aliphatic hydroxyl groups is 1. The van der Waals surface area contributed by atoms with Gasteiger partial charge in [0.15, 0.2) is 0 Å². The zero-order valence-electron chi connectivity index (χ0n) is 9.77. The third-order valence-electron chi connectivity index (χ3n) is 3.11. The number of carboxylic acids is 1. The number of carboxylic acid groups (broad SMARTS) is 1. The minimum Gasteiger partial charge on any atom is -0.481 e. The number of rotatable bonds is 3. The highest BCUT2D eigenvalue weighted by Crippen LogP contribution is 2.23. The van der Waals surface area contributed by atoms with Crippen LogP contribution in [0.4, 0.5) is 0 Å². The van der Waals surface area contributed by atoms with Crippen molar-refractivity contribution < 1.29 is 19.8 Å². The number of hydrogen-bond donors (Lipinski definition) is 2. The average Bonchev–Trinajstić information content (AvgIpc) is 2.28. The van der Waals surface area contributed by atoms with Gasteiger partial charge in [-0.2, -0.15) is 0 Å². The minimum absolute atomic E-state index is 0.0983. The van der Waals surface area contributed by atoms with Gasteiger partial charge in [-0.1, -0.05) is 0 Å². The van der Waals surface area contributed by atoms with E-state index in [9.17, 15) is 9.59 Å². The third-order valence-corrected chi connectivity index (χ3v) is 3.11. The largest absolute Gasteiger partial charge is 0.481 e. The molecule has 92 valence electrons. The van der Waals surface area contributed by atoms with Crippen molar-refractivity contribution in [1.29, 1.82) is 0 Å². The van der Waals surface area contributed by atoms with Crippen LogP contribution < -0.4 is 0 Å². The summed E-state index contributed by atoms with van der Waals surface area (Å²) in [4.78, 5) is 24.3. The summed E-state index contributed by atoms with van der Waals surface area (Å²) in [6.07, 6.45) is 1.01. The molecule has 1 aliphatic heterocycles. The predicted octanol–water partition coefficient (Wildman–Crippen LogP) is 0.328. The lowest BCUT2D eigenvalue weighted by atomic mass is 9.90. The summed E-state index contributed by atoms with van der Waals surface area (Å²) in [5.74, 6) is -1.21. The van der Waals surface area contributed by atoms with Crippen molar-refractivity contribution in [2.75, 3.05) is 19.7 Å². The van der Waals surface area contributed by atoms with Crippen molar-refractivity contribution in [3.05, 3.63) is 0 Å². The molecular weight excluding hydrogens is 210 g/mol. The third kappa shape index (κ3) is 2.72. The summed E-state index contributed by atoms with van der Waals surface area (Å²) in [5, 5.41) is 17.9.